The van der Waals surface area contributed by atoms with Crippen LogP contribution in [0.25, 0.3) is 0 Å². The molecule has 3 rings (SSSR count). The molecule has 1 atom stereocenters. The molecule has 0 saturated heterocycles. The standard InChI is InChI=1S/C17H14FNO2S2/c18-12-4-1-3-11(9-12)17(21)19-10-13-6-7-15(23-13)16(20)14-5-2-8-22-14/h1-9,16,20H,10H2,(H,19,21). The molecule has 2 N–H and O–H groups in total. The maximum Gasteiger partial charge on any atom is 0.251 e. The highest BCUT2D eigenvalue weighted by Crippen LogP contribution is 2.30. The van der Waals surface area contributed by atoms with Gasteiger partial charge in [0.2, 0.25) is 0 Å². The number of thiophene rings is 2. The van der Waals surface area contributed by atoms with Gasteiger partial charge in [-0.2, -0.15) is 0 Å². The Hall–Kier alpha value is -2.02. The molecular formula is C17H14FNO2S2. The fourth-order valence-electron chi connectivity index (χ4n) is 2.12. The van der Waals surface area contributed by atoms with E-state index in [-0.39, 0.29) is 5.91 Å². The molecule has 3 nitrogen and oxygen atoms in total. The summed E-state index contributed by atoms with van der Waals surface area (Å²) < 4.78 is 13.1. The molecule has 23 heavy (non-hydrogen) atoms. The van der Waals surface area contributed by atoms with Crippen LogP contribution in [-0.2, 0) is 6.54 Å². The van der Waals surface area contributed by atoms with Crippen LogP contribution < -0.4 is 5.32 Å². The number of carbonyl (C=O) groups excluding carboxylic acids is 1. The molecular weight excluding hydrogens is 333 g/mol. The number of amides is 1. The van der Waals surface area contributed by atoms with E-state index in [9.17, 15) is 14.3 Å². The van der Waals surface area contributed by atoms with Gasteiger partial charge in [-0.05, 0) is 41.8 Å². The third-order valence-corrected chi connectivity index (χ3v) is 5.34. The van der Waals surface area contributed by atoms with Crippen LogP contribution in [0.5, 0.6) is 0 Å². The zero-order valence-electron chi connectivity index (χ0n) is 12.0. The van der Waals surface area contributed by atoms with Crippen LogP contribution >= 0.6 is 22.7 Å². The molecule has 2 aromatic heterocycles. The average molecular weight is 347 g/mol. The summed E-state index contributed by atoms with van der Waals surface area (Å²) in [5.41, 5.74) is 0.292. The third kappa shape index (κ3) is 3.85. The molecule has 0 fully saturated rings. The summed E-state index contributed by atoms with van der Waals surface area (Å²) in [4.78, 5) is 14.6. The minimum atomic E-state index is -0.632. The van der Waals surface area contributed by atoms with Gasteiger partial charge in [0, 0.05) is 20.2 Å². The zero-order valence-corrected chi connectivity index (χ0v) is 13.7. The van der Waals surface area contributed by atoms with Crippen molar-refractivity contribution in [2.45, 2.75) is 12.6 Å². The second kappa shape index (κ2) is 7.04. The first-order chi connectivity index (χ1) is 11.1. The summed E-state index contributed by atoms with van der Waals surface area (Å²) in [6.45, 7) is 0.344. The molecule has 0 aliphatic carbocycles. The predicted molar refractivity (Wildman–Crippen MR) is 90.3 cm³/mol. The number of benzene rings is 1. The highest BCUT2D eigenvalue weighted by molar-refractivity contribution is 7.12. The van der Waals surface area contributed by atoms with E-state index in [1.807, 2.05) is 29.6 Å². The monoisotopic (exact) mass is 347 g/mol. The van der Waals surface area contributed by atoms with Crippen molar-refractivity contribution in [3.05, 3.63) is 79.9 Å². The molecule has 0 saturated carbocycles. The van der Waals surface area contributed by atoms with Gasteiger partial charge in [0.05, 0.1) is 6.54 Å². The quantitative estimate of drug-likeness (QED) is 0.734. The molecule has 0 bridgehead atoms. The van der Waals surface area contributed by atoms with Gasteiger partial charge in [0.1, 0.15) is 11.9 Å². The molecule has 0 radical (unpaired) electrons. The maximum atomic E-state index is 13.1. The molecule has 0 spiro atoms. The molecule has 2 heterocycles. The molecule has 0 aliphatic heterocycles. The van der Waals surface area contributed by atoms with Crippen LogP contribution in [0.3, 0.4) is 0 Å². The molecule has 1 unspecified atom stereocenters. The summed E-state index contributed by atoms with van der Waals surface area (Å²) in [7, 11) is 0. The largest absolute Gasteiger partial charge is 0.382 e. The number of carbonyl (C=O) groups is 1. The fraction of sp³-hybridized carbons (Fsp3) is 0.118. The van der Waals surface area contributed by atoms with Crippen LogP contribution in [0.4, 0.5) is 4.39 Å². The lowest BCUT2D eigenvalue weighted by molar-refractivity contribution is 0.0951. The van der Waals surface area contributed by atoms with E-state index in [4.69, 9.17) is 0 Å². The Kier molecular flexibility index (Phi) is 4.85. The van der Waals surface area contributed by atoms with Gasteiger partial charge < -0.3 is 10.4 Å². The molecule has 6 heteroatoms. The smallest absolute Gasteiger partial charge is 0.251 e. The van der Waals surface area contributed by atoms with Gasteiger partial charge in [0.25, 0.3) is 5.91 Å². The number of hydrogen-bond donors (Lipinski definition) is 2. The first-order valence-electron chi connectivity index (χ1n) is 6.97. The lowest BCUT2D eigenvalue weighted by Gasteiger charge is -2.05. The predicted octanol–water partition coefficient (Wildman–Crippen LogP) is 3.96. The minimum absolute atomic E-state index is 0.292. The summed E-state index contributed by atoms with van der Waals surface area (Å²) in [6, 6.07) is 13.1. The number of halogens is 1. The SMILES string of the molecule is O=C(NCc1ccc(C(O)c2cccs2)s1)c1cccc(F)c1. The van der Waals surface area contributed by atoms with Crippen LogP contribution in [0.15, 0.2) is 53.9 Å². The van der Waals surface area contributed by atoms with Crippen LogP contribution in [0, 0.1) is 5.82 Å². The van der Waals surface area contributed by atoms with Gasteiger partial charge in [-0.1, -0.05) is 12.1 Å². The summed E-state index contributed by atoms with van der Waals surface area (Å²) >= 11 is 2.95. The number of aliphatic hydroxyl groups is 1. The van der Waals surface area contributed by atoms with Gasteiger partial charge >= 0.3 is 0 Å². The van der Waals surface area contributed by atoms with Crippen molar-refractivity contribution in [3.63, 3.8) is 0 Å². The lowest BCUT2D eigenvalue weighted by atomic mass is 10.2. The number of nitrogens with one attached hydrogen (secondary N) is 1. The van der Waals surface area contributed by atoms with Crippen LogP contribution in [-0.4, -0.2) is 11.0 Å². The Bertz CT molecular complexity index is 799. The second-order valence-corrected chi connectivity index (χ2v) is 7.09. The molecule has 1 aromatic carbocycles. The highest BCUT2D eigenvalue weighted by Gasteiger charge is 2.14. The van der Waals surface area contributed by atoms with Crippen molar-refractivity contribution in [3.8, 4) is 0 Å². The van der Waals surface area contributed by atoms with Crippen molar-refractivity contribution in [2.24, 2.45) is 0 Å². The van der Waals surface area contributed by atoms with E-state index < -0.39 is 11.9 Å². The van der Waals surface area contributed by atoms with E-state index in [1.165, 1.54) is 40.9 Å². The highest BCUT2D eigenvalue weighted by atomic mass is 32.1. The van der Waals surface area contributed by atoms with E-state index in [2.05, 4.69) is 5.32 Å². The molecule has 118 valence electrons. The van der Waals surface area contributed by atoms with Crippen molar-refractivity contribution < 1.29 is 14.3 Å². The van der Waals surface area contributed by atoms with Gasteiger partial charge in [-0.3, -0.25) is 4.79 Å². The second-order valence-electron chi connectivity index (χ2n) is 4.92. The van der Waals surface area contributed by atoms with E-state index in [1.54, 1.807) is 6.07 Å². The zero-order chi connectivity index (χ0) is 16.2. The van der Waals surface area contributed by atoms with Crippen molar-refractivity contribution in [1.29, 1.82) is 0 Å². The van der Waals surface area contributed by atoms with E-state index in [0.717, 1.165) is 14.6 Å². The third-order valence-electron chi connectivity index (χ3n) is 3.27. The minimum Gasteiger partial charge on any atom is -0.382 e. The number of rotatable bonds is 5. The number of hydrogen-bond acceptors (Lipinski definition) is 4. The van der Waals surface area contributed by atoms with Crippen LogP contribution in [0.2, 0.25) is 0 Å². The van der Waals surface area contributed by atoms with Crippen molar-refractivity contribution >= 4 is 28.6 Å². The Labute approximate surface area is 141 Å². The summed E-state index contributed by atoms with van der Waals surface area (Å²) in [5.74, 6) is -0.756. The Balaban J connectivity index is 1.62. The van der Waals surface area contributed by atoms with Gasteiger partial charge in [-0.25, -0.2) is 4.39 Å². The van der Waals surface area contributed by atoms with Gasteiger partial charge in [-0.15, -0.1) is 22.7 Å². The Morgan fingerprint density at radius 3 is 2.78 bits per heavy atom. The normalized spacial score (nSPS) is 12.1. The Morgan fingerprint density at radius 1 is 1.17 bits per heavy atom. The number of aliphatic hydroxyl groups excluding tert-OH is 1. The lowest BCUT2D eigenvalue weighted by Crippen LogP contribution is -2.22. The van der Waals surface area contributed by atoms with Crippen LogP contribution in [0.1, 0.15) is 31.1 Å². The Morgan fingerprint density at radius 2 is 2.04 bits per heavy atom. The van der Waals surface area contributed by atoms with Crippen molar-refractivity contribution in [2.75, 3.05) is 0 Å². The van der Waals surface area contributed by atoms with E-state index >= 15 is 0 Å². The summed E-state index contributed by atoms with van der Waals surface area (Å²) in [6.07, 6.45) is -0.632. The molecule has 1 amide bonds. The summed E-state index contributed by atoms with van der Waals surface area (Å²) in [5, 5.41) is 15.0. The first kappa shape index (κ1) is 15.9. The first-order valence-corrected chi connectivity index (χ1v) is 8.67. The van der Waals surface area contributed by atoms with Gasteiger partial charge in [0.15, 0.2) is 0 Å². The average Bonchev–Trinajstić information content (AvgIpc) is 3.23. The maximum absolute atomic E-state index is 13.1. The fourth-order valence-corrected chi connectivity index (χ4v) is 3.88. The molecule has 0 aliphatic rings. The topological polar surface area (TPSA) is 49.3 Å². The van der Waals surface area contributed by atoms with Crippen molar-refractivity contribution in [1.82, 2.24) is 5.32 Å². The van der Waals surface area contributed by atoms with E-state index in [0.29, 0.717) is 12.1 Å². The molecule has 3 aromatic rings.